The van der Waals surface area contributed by atoms with E-state index in [-0.39, 0.29) is 5.82 Å². The van der Waals surface area contributed by atoms with E-state index in [2.05, 4.69) is 9.55 Å². The van der Waals surface area contributed by atoms with Crippen molar-refractivity contribution in [2.75, 3.05) is 0 Å². The van der Waals surface area contributed by atoms with Crippen LogP contribution in [-0.2, 0) is 19.5 Å². The molecule has 0 aliphatic carbocycles. The van der Waals surface area contributed by atoms with E-state index in [4.69, 9.17) is 5.73 Å². The zero-order valence-electron chi connectivity index (χ0n) is 11.1. The normalized spacial score (nSPS) is 11.1. The number of fused-ring (bicyclic) bond motifs is 1. The van der Waals surface area contributed by atoms with Crippen molar-refractivity contribution in [2.45, 2.75) is 19.5 Å². The first-order valence-corrected chi connectivity index (χ1v) is 6.66. The predicted molar refractivity (Wildman–Crippen MR) is 77.7 cm³/mol. The van der Waals surface area contributed by atoms with Gasteiger partial charge in [0.15, 0.2) is 0 Å². The molecule has 0 radical (unpaired) electrons. The maximum atomic E-state index is 12.9. The number of aryl methyl sites for hydroxylation is 2. The quantitative estimate of drug-likeness (QED) is 0.791. The monoisotopic (exact) mass is 269 g/mol. The molecule has 20 heavy (non-hydrogen) atoms. The van der Waals surface area contributed by atoms with Crippen LogP contribution in [0.1, 0.15) is 11.4 Å². The van der Waals surface area contributed by atoms with E-state index in [1.165, 1.54) is 12.1 Å². The maximum Gasteiger partial charge on any atom is 0.123 e. The van der Waals surface area contributed by atoms with Crippen LogP contribution < -0.4 is 5.73 Å². The highest BCUT2D eigenvalue weighted by molar-refractivity contribution is 5.75. The first-order valence-electron chi connectivity index (χ1n) is 6.66. The molecule has 0 aliphatic rings. The lowest BCUT2D eigenvalue weighted by atomic mass is 10.1. The van der Waals surface area contributed by atoms with Gasteiger partial charge in [-0.05, 0) is 36.2 Å². The van der Waals surface area contributed by atoms with Crippen LogP contribution in [0.25, 0.3) is 11.0 Å². The molecular weight excluding hydrogens is 253 g/mol. The number of benzene rings is 2. The van der Waals surface area contributed by atoms with Gasteiger partial charge in [-0.3, -0.25) is 0 Å². The second kappa shape index (κ2) is 5.43. The summed E-state index contributed by atoms with van der Waals surface area (Å²) in [5.41, 5.74) is 8.93. The molecule has 102 valence electrons. The van der Waals surface area contributed by atoms with Crippen LogP contribution in [0.4, 0.5) is 4.39 Å². The Morgan fingerprint density at radius 1 is 1.05 bits per heavy atom. The van der Waals surface area contributed by atoms with Crippen molar-refractivity contribution in [3.63, 3.8) is 0 Å². The molecule has 4 heteroatoms. The zero-order valence-corrected chi connectivity index (χ0v) is 11.1. The summed E-state index contributed by atoms with van der Waals surface area (Å²) in [5, 5.41) is 0. The summed E-state index contributed by atoms with van der Waals surface area (Å²) in [6.07, 6.45) is 0.827. The molecule has 0 unspecified atom stereocenters. The van der Waals surface area contributed by atoms with E-state index in [1.807, 2.05) is 36.4 Å². The van der Waals surface area contributed by atoms with Crippen molar-refractivity contribution in [3.8, 4) is 0 Å². The molecule has 0 fully saturated rings. The Labute approximate surface area is 116 Å². The Balaban J connectivity index is 1.88. The largest absolute Gasteiger partial charge is 0.327 e. The van der Waals surface area contributed by atoms with Crippen LogP contribution in [0.15, 0.2) is 48.5 Å². The summed E-state index contributed by atoms with van der Waals surface area (Å²) in [4.78, 5) is 4.54. The number of aromatic nitrogens is 2. The van der Waals surface area contributed by atoms with E-state index in [0.29, 0.717) is 6.54 Å². The van der Waals surface area contributed by atoms with Gasteiger partial charge >= 0.3 is 0 Å². The van der Waals surface area contributed by atoms with Gasteiger partial charge in [0.25, 0.3) is 0 Å². The van der Waals surface area contributed by atoms with Crippen LogP contribution in [0.3, 0.4) is 0 Å². The third-order valence-electron chi connectivity index (χ3n) is 3.45. The average Bonchev–Trinajstić information content (AvgIpc) is 2.84. The fourth-order valence-electron chi connectivity index (χ4n) is 2.42. The topological polar surface area (TPSA) is 43.8 Å². The van der Waals surface area contributed by atoms with Crippen LogP contribution in [0.2, 0.25) is 0 Å². The molecule has 0 bridgehead atoms. The van der Waals surface area contributed by atoms with Gasteiger partial charge in [0.05, 0.1) is 17.6 Å². The maximum absolute atomic E-state index is 12.9. The highest BCUT2D eigenvalue weighted by Crippen LogP contribution is 2.16. The second-order valence-corrected chi connectivity index (χ2v) is 4.75. The number of nitrogens with two attached hydrogens (primary N) is 1. The average molecular weight is 269 g/mol. The summed E-state index contributed by atoms with van der Waals surface area (Å²) >= 11 is 0. The minimum absolute atomic E-state index is 0.204. The molecular formula is C16H16FN3. The van der Waals surface area contributed by atoms with Crippen LogP contribution >= 0.6 is 0 Å². The van der Waals surface area contributed by atoms with Crippen LogP contribution in [-0.4, -0.2) is 9.55 Å². The molecule has 3 nitrogen and oxygen atoms in total. The van der Waals surface area contributed by atoms with Gasteiger partial charge in [-0.25, -0.2) is 9.37 Å². The minimum atomic E-state index is -0.204. The summed E-state index contributed by atoms with van der Waals surface area (Å²) in [5.74, 6) is 0.679. The van der Waals surface area contributed by atoms with E-state index in [0.717, 1.165) is 35.4 Å². The Bertz CT molecular complexity index is 716. The predicted octanol–water partition coefficient (Wildman–Crippen LogP) is 2.88. The van der Waals surface area contributed by atoms with Crippen molar-refractivity contribution in [1.29, 1.82) is 0 Å². The van der Waals surface area contributed by atoms with Gasteiger partial charge in [0.1, 0.15) is 11.6 Å². The summed E-state index contributed by atoms with van der Waals surface area (Å²) < 4.78 is 15.0. The molecule has 1 heterocycles. The molecule has 0 atom stereocenters. The zero-order chi connectivity index (χ0) is 13.9. The lowest BCUT2D eigenvalue weighted by Crippen LogP contribution is -2.10. The number of hydrogen-bond donors (Lipinski definition) is 1. The SMILES string of the molecule is NCc1nc2ccccc2n1CCc1ccc(F)cc1. The van der Waals surface area contributed by atoms with Crippen molar-refractivity contribution in [2.24, 2.45) is 5.73 Å². The van der Waals surface area contributed by atoms with Crippen molar-refractivity contribution in [1.82, 2.24) is 9.55 Å². The first kappa shape index (κ1) is 12.8. The summed E-state index contributed by atoms with van der Waals surface area (Å²) in [6, 6.07) is 14.6. The van der Waals surface area contributed by atoms with Crippen LogP contribution in [0.5, 0.6) is 0 Å². The number of para-hydroxylation sites is 2. The third kappa shape index (κ3) is 2.42. The van der Waals surface area contributed by atoms with Gasteiger partial charge in [0.2, 0.25) is 0 Å². The number of nitrogens with zero attached hydrogens (tertiary/aromatic N) is 2. The van der Waals surface area contributed by atoms with Gasteiger partial charge < -0.3 is 10.3 Å². The van der Waals surface area contributed by atoms with Crippen molar-refractivity contribution >= 4 is 11.0 Å². The van der Waals surface area contributed by atoms with Gasteiger partial charge in [-0.1, -0.05) is 24.3 Å². The Morgan fingerprint density at radius 2 is 1.80 bits per heavy atom. The smallest absolute Gasteiger partial charge is 0.123 e. The van der Waals surface area contributed by atoms with Crippen LogP contribution in [0, 0.1) is 5.82 Å². The highest BCUT2D eigenvalue weighted by Gasteiger charge is 2.08. The van der Waals surface area contributed by atoms with E-state index in [1.54, 1.807) is 0 Å². The molecule has 0 saturated heterocycles. The Hall–Kier alpha value is -2.20. The number of halogens is 1. The minimum Gasteiger partial charge on any atom is -0.327 e. The molecule has 3 aromatic rings. The fourth-order valence-corrected chi connectivity index (χ4v) is 2.42. The molecule has 0 saturated carbocycles. The molecule has 2 N–H and O–H groups in total. The Kier molecular flexibility index (Phi) is 3.48. The third-order valence-corrected chi connectivity index (χ3v) is 3.45. The molecule has 0 aliphatic heterocycles. The lowest BCUT2D eigenvalue weighted by Gasteiger charge is -2.08. The van der Waals surface area contributed by atoms with E-state index in [9.17, 15) is 4.39 Å². The highest BCUT2D eigenvalue weighted by atomic mass is 19.1. The molecule has 1 aromatic heterocycles. The molecule has 3 rings (SSSR count). The molecule has 0 amide bonds. The fraction of sp³-hybridized carbons (Fsp3) is 0.188. The van der Waals surface area contributed by atoms with Gasteiger partial charge in [-0.15, -0.1) is 0 Å². The number of imidazole rings is 1. The number of hydrogen-bond acceptors (Lipinski definition) is 2. The van der Waals surface area contributed by atoms with Gasteiger partial charge in [0, 0.05) is 6.54 Å². The van der Waals surface area contributed by atoms with Gasteiger partial charge in [-0.2, -0.15) is 0 Å². The van der Waals surface area contributed by atoms with E-state index >= 15 is 0 Å². The second-order valence-electron chi connectivity index (χ2n) is 4.75. The van der Waals surface area contributed by atoms with E-state index < -0.39 is 0 Å². The number of rotatable bonds is 4. The summed E-state index contributed by atoms with van der Waals surface area (Å²) in [7, 11) is 0. The first-order chi connectivity index (χ1) is 9.78. The summed E-state index contributed by atoms with van der Waals surface area (Å²) in [6.45, 7) is 1.21. The van der Waals surface area contributed by atoms with Crippen molar-refractivity contribution < 1.29 is 4.39 Å². The Morgan fingerprint density at radius 3 is 2.55 bits per heavy atom. The molecule has 2 aromatic carbocycles. The van der Waals surface area contributed by atoms with Crippen molar-refractivity contribution in [3.05, 3.63) is 65.7 Å². The molecule has 0 spiro atoms. The lowest BCUT2D eigenvalue weighted by molar-refractivity contribution is 0.625. The standard InChI is InChI=1S/C16H16FN3/c17-13-7-5-12(6-8-13)9-10-20-15-4-2-1-3-14(15)19-16(20)11-18/h1-8H,9-11,18H2.